The van der Waals surface area contributed by atoms with E-state index in [2.05, 4.69) is 40.4 Å². The zero-order valence-electron chi connectivity index (χ0n) is 12.3. The lowest BCUT2D eigenvalue weighted by molar-refractivity contribution is 0.867. The van der Waals surface area contributed by atoms with Gasteiger partial charge in [-0.3, -0.25) is 0 Å². The molecule has 0 saturated carbocycles. The molecule has 0 aliphatic rings. The molecule has 0 saturated heterocycles. The van der Waals surface area contributed by atoms with Crippen molar-refractivity contribution < 1.29 is 0 Å². The Hall–Kier alpha value is -2.01. The van der Waals surface area contributed by atoms with Gasteiger partial charge in [0.05, 0.1) is 20.9 Å². The van der Waals surface area contributed by atoms with Crippen LogP contribution >= 0.6 is 11.3 Å². The molecule has 0 fully saturated rings. The first kappa shape index (κ1) is 13.9. The normalized spacial score (nSPS) is 11.0. The summed E-state index contributed by atoms with van der Waals surface area (Å²) in [6.45, 7) is 2.17. The Labute approximate surface area is 128 Å². The lowest BCUT2D eigenvalue weighted by Crippen LogP contribution is -2.06. The fourth-order valence-corrected chi connectivity index (χ4v) is 3.44. The molecule has 3 rings (SSSR count). The monoisotopic (exact) mass is 298 g/mol. The maximum absolute atomic E-state index is 4.70. The molecule has 2 aromatic heterocycles. The fourth-order valence-electron chi connectivity index (χ4n) is 2.47. The number of rotatable bonds is 5. The van der Waals surface area contributed by atoms with E-state index in [0.717, 1.165) is 41.3 Å². The second kappa shape index (κ2) is 6.18. The summed E-state index contributed by atoms with van der Waals surface area (Å²) in [5, 5.41) is 4.27. The van der Waals surface area contributed by atoms with Crippen molar-refractivity contribution in [3.8, 4) is 0 Å². The summed E-state index contributed by atoms with van der Waals surface area (Å²) >= 11 is 1.74. The maximum Gasteiger partial charge on any atom is 0.132 e. The van der Waals surface area contributed by atoms with Gasteiger partial charge in [-0.25, -0.2) is 15.0 Å². The van der Waals surface area contributed by atoms with E-state index in [0.29, 0.717) is 0 Å². The van der Waals surface area contributed by atoms with E-state index in [1.54, 1.807) is 17.7 Å². The SMILES string of the molecule is CCCc1c(Cc2nc3ccccc3s2)ncnc1NC. The van der Waals surface area contributed by atoms with Crippen LogP contribution in [0.3, 0.4) is 0 Å². The molecule has 2 heterocycles. The Morgan fingerprint density at radius 2 is 2.05 bits per heavy atom. The van der Waals surface area contributed by atoms with E-state index in [1.165, 1.54) is 10.3 Å². The topological polar surface area (TPSA) is 50.7 Å². The summed E-state index contributed by atoms with van der Waals surface area (Å²) < 4.78 is 1.23. The van der Waals surface area contributed by atoms with Crippen molar-refractivity contribution in [2.24, 2.45) is 0 Å². The average Bonchev–Trinajstić information content (AvgIpc) is 2.91. The Bertz CT molecular complexity index is 718. The van der Waals surface area contributed by atoms with E-state index in [9.17, 15) is 0 Å². The van der Waals surface area contributed by atoms with Crippen LogP contribution in [-0.2, 0) is 12.8 Å². The molecule has 1 N–H and O–H groups in total. The van der Waals surface area contributed by atoms with Crippen LogP contribution < -0.4 is 5.32 Å². The number of para-hydroxylation sites is 1. The number of fused-ring (bicyclic) bond motifs is 1. The molecule has 1 aromatic carbocycles. The van der Waals surface area contributed by atoms with Gasteiger partial charge in [-0.1, -0.05) is 25.5 Å². The number of nitrogens with one attached hydrogen (secondary N) is 1. The van der Waals surface area contributed by atoms with Crippen LogP contribution in [0.2, 0.25) is 0 Å². The van der Waals surface area contributed by atoms with Gasteiger partial charge >= 0.3 is 0 Å². The second-order valence-corrected chi connectivity index (χ2v) is 6.01. The van der Waals surface area contributed by atoms with Crippen LogP contribution in [0, 0.1) is 0 Å². The molecule has 0 spiro atoms. The first-order chi connectivity index (χ1) is 10.3. The third-order valence-corrected chi connectivity index (χ3v) is 4.46. The molecular weight excluding hydrogens is 280 g/mol. The minimum absolute atomic E-state index is 0.770. The van der Waals surface area contributed by atoms with Crippen molar-refractivity contribution >= 4 is 27.4 Å². The lowest BCUT2D eigenvalue weighted by Gasteiger charge is -2.10. The predicted octanol–water partition coefficient (Wildman–Crippen LogP) is 3.67. The van der Waals surface area contributed by atoms with E-state index < -0.39 is 0 Å². The van der Waals surface area contributed by atoms with Crippen LogP contribution in [0.4, 0.5) is 5.82 Å². The van der Waals surface area contributed by atoms with Crippen LogP contribution in [-0.4, -0.2) is 22.0 Å². The molecule has 0 unspecified atom stereocenters. The summed E-state index contributed by atoms with van der Waals surface area (Å²) in [6.07, 6.45) is 4.46. The van der Waals surface area contributed by atoms with Gasteiger partial charge in [-0.2, -0.15) is 0 Å². The molecule has 21 heavy (non-hydrogen) atoms. The molecule has 0 radical (unpaired) electrons. The Morgan fingerprint density at radius 1 is 1.19 bits per heavy atom. The summed E-state index contributed by atoms with van der Waals surface area (Å²) in [5.74, 6) is 0.933. The van der Waals surface area contributed by atoms with Gasteiger partial charge in [-0.05, 0) is 18.6 Å². The van der Waals surface area contributed by atoms with E-state index >= 15 is 0 Å². The Morgan fingerprint density at radius 3 is 2.81 bits per heavy atom. The highest BCUT2D eigenvalue weighted by atomic mass is 32.1. The number of aromatic nitrogens is 3. The van der Waals surface area contributed by atoms with Crippen molar-refractivity contribution in [1.29, 1.82) is 0 Å². The fraction of sp³-hybridized carbons (Fsp3) is 0.312. The molecular formula is C16H18N4S. The standard InChI is InChI=1S/C16H18N4S/c1-3-6-11-13(18-10-19-16(11)17-2)9-15-20-12-7-4-5-8-14(12)21-15/h4-5,7-8,10H,3,6,9H2,1-2H3,(H,17,18,19). The minimum Gasteiger partial charge on any atom is -0.373 e. The molecule has 0 amide bonds. The quantitative estimate of drug-likeness (QED) is 0.781. The van der Waals surface area contributed by atoms with E-state index in [4.69, 9.17) is 4.98 Å². The highest BCUT2D eigenvalue weighted by Crippen LogP contribution is 2.25. The van der Waals surface area contributed by atoms with Crippen molar-refractivity contribution in [3.05, 3.63) is 46.9 Å². The smallest absolute Gasteiger partial charge is 0.132 e. The van der Waals surface area contributed by atoms with E-state index in [1.807, 2.05) is 13.1 Å². The lowest BCUT2D eigenvalue weighted by atomic mass is 10.1. The summed E-state index contributed by atoms with van der Waals surface area (Å²) in [7, 11) is 1.91. The zero-order valence-corrected chi connectivity index (χ0v) is 13.1. The Kier molecular flexibility index (Phi) is 4.10. The highest BCUT2D eigenvalue weighted by Gasteiger charge is 2.12. The zero-order chi connectivity index (χ0) is 14.7. The van der Waals surface area contributed by atoms with Crippen LogP contribution in [0.15, 0.2) is 30.6 Å². The van der Waals surface area contributed by atoms with Crippen molar-refractivity contribution in [1.82, 2.24) is 15.0 Å². The number of benzene rings is 1. The summed E-state index contributed by atoms with van der Waals surface area (Å²) in [6, 6.07) is 8.25. The molecule has 5 heteroatoms. The van der Waals surface area contributed by atoms with Crippen LogP contribution in [0.25, 0.3) is 10.2 Å². The van der Waals surface area contributed by atoms with Crippen molar-refractivity contribution in [3.63, 3.8) is 0 Å². The minimum atomic E-state index is 0.770. The third-order valence-electron chi connectivity index (χ3n) is 3.43. The van der Waals surface area contributed by atoms with Gasteiger partial charge in [0.25, 0.3) is 0 Å². The first-order valence-corrected chi connectivity index (χ1v) is 7.98. The second-order valence-electron chi connectivity index (χ2n) is 4.90. The number of anilines is 1. The summed E-state index contributed by atoms with van der Waals surface area (Å²) in [4.78, 5) is 13.5. The molecule has 4 nitrogen and oxygen atoms in total. The van der Waals surface area contributed by atoms with Gasteiger partial charge in [0.1, 0.15) is 12.1 Å². The van der Waals surface area contributed by atoms with Gasteiger partial charge < -0.3 is 5.32 Å². The first-order valence-electron chi connectivity index (χ1n) is 7.16. The molecule has 0 aliphatic heterocycles. The average molecular weight is 298 g/mol. The van der Waals surface area contributed by atoms with Gasteiger partial charge in [0.15, 0.2) is 0 Å². The third kappa shape index (κ3) is 2.88. The molecule has 108 valence electrons. The number of thiazole rings is 1. The molecule has 0 atom stereocenters. The largest absolute Gasteiger partial charge is 0.373 e. The molecule has 0 bridgehead atoms. The highest BCUT2D eigenvalue weighted by molar-refractivity contribution is 7.18. The van der Waals surface area contributed by atoms with Gasteiger partial charge in [0.2, 0.25) is 0 Å². The predicted molar refractivity (Wildman–Crippen MR) is 88.0 cm³/mol. The van der Waals surface area contributed by atoms with Gasteiger partial charge in [-0.15, -0.1) is 11.3 Å². The van der Waals surface area contributed by atoms with Crippen molar-refractivity contribution in [2.75, 3.05) is 12.4 Å². The number of nitrogens with zero attached hydrogens (tertiary/aromatic N) is 3. The van der Waals surface area contributed by atoms with Crippen molar-refractivity contribution in [2.45, 2.75) is 26.2 Å². The van der Waals surface area contributed by atoms with E-state index in [-0.39, 0.29) is 0 Å². The van der Waals surface area contributed by atoms with Crippen LogP contribution in [0.5, 0.6) is 0 Å². The summed E-state index contributed by atoms with van der Waals surface area (Å²) in [5.41, 5.74) is 3.36. The number of hydrogen-bond donors (Lipinski definition) is 1. The number of hydrogen-bond acceptors (Lipinski definition) is 5. The Balaban J connectivity index is 1.96. The molecule has 0 aliphatic carbocycles. The maximum atomic E-state index is 4.70. The van der Waals surface area contributed by atoms with Crippen LogP contribution in [0.1, 0.15) is 29.6 Å². The van der Waals surface area contributed by atoms with Gasteiger partial charge in [0, 0.05) is 19.0 Å². The molecule has 3 aromatic rings.